The Morgan fingerprint density at radius 1 is 1.21 bits per heavy atom. The van der Waals surface area contributed by atoms with E-state index in [0.717, 1.165) is 21.6 Å². The van der Waals surface area contributed by atoms with Gasteiger partial charge in [0.15, 0.2) is 5.65 Å². The molecule has 0 aliphatic carbocycles. The molecule has 4 rings (SSSR count). The molecule has 3 heterocycles. The molecule has 1 aromatic carbocycles. The Labute approximate surface area is 211 Å². The molecule has 11 heteroatoms. The molecule has 178 valence electrons. The van der Waals surface area contributed by atoms with Crippen LogP contribution < -0.4 is 21.3 Å². The number of imide groups is 1. The van der Waals surface area contributed by atoms with E-state index in [1.165, 1.54) is 0 Å². The average Bonchev–Trinajstić information content (AvgIpc) is 3.28. The molecule has 0 saturated carbocycles. The molecule has 34 heavy (non-hydrogen) atoms. The summed E-state index contributed by atoms with van der Waals surface area (Å²) in [7, 11) is 4.11. The van der Waals surface area contributed by atoms with Crippen molar-refractivity contribution in [1.29, 1.82) is 0 Å². The van der Waals surface area contributed by atoms with Gasteiger partial charge in [-0.05, 0) is 66.4 Å². The maximum atomic E-state index is 12.0. The molecule has 0 unspecified atom stereocenters. The van der Waals surface area contributed by atoms with E-state index >= 15 is 0 Å². The van der Waals surface area contributed by atoms with Gasteiger partial charge in [-0.2, -0.15) is 9.61 Å². The van der Waals surface area contributed by atoms with Gasteiger partial charge >= 0.3 is 6.03 Å². The molecular weight excluding hydrogens is 547 g/mol. The Hall–Kier alpha value is -3.19. The van der Waals surface area contributed by atoms with Crippen molar-refractivity contribution in [3.8, 4) is 0 Å². The molecule has 10 nitrogen and oxygen atoms in total. The second kappa shape index (κ2) is 9.58. The van der Waals surface area contributed by atoms with Crippen molar-refractivity contribution in [2.75, 3.05) is 37.8 Å². The molecule has 0 spiro atoms. The summed E-state index contributed by atoms with van der Waals surface area (Å²) in [6.07, 6.45) is 3.20. The topological polar surface area (TPSA) is 116 Å². The fourth-order valence-corrected chi connectivity index (χ4v) is 4.41. The van der Waals surface area contributed by atoms with Crippen molar-refractivity contribution in [3.05, 3.63) is 51.4 Å². The lowest BCUT2D eigenvalue weighted by atomic mass is 9.93. The number of hydrogen-bond donors (Lipinski definition) is 4. The third kappa shape index (κ3) is 5.65. The molecule has 3 aromatic rings. The Bertz CT molecular complexity index is 1280. The van der Waals surface area contributed by atoms with Gasteiger partial charge in [0, 0.05) is 34.0 Å². The van der Waals surface area contributed by atoms with Crippen LogP contribution in [0.4, 0.5) is 22.1 Å². The summed E-state index contributed by atoms with van der Waals surface area (Å²) in [6.45, 7) is 6.02. The third-order valence-electron chi connectivity index (χ3n) is 5.11. The molecule has 1 fully saturated rings. The van der Waals surface area contributed by atoms with E-state index in [0.29, 0.717) is 23.6 Å². The van der Waals surface area contributed by atoms with E-state index in [2.05, 4.69) is 81.8 Å². The smallest absolute Gasteiger partial charge is 0.326 e. The molecule has 1 aliphatic rings. The van der Waals surface area contributed by atoms with Gasteiger partial charge < -0.3 is 20.9 Å². The minimum absolute atomic E-state index is 0.00635. The van der Waals surface area contributed by atoms with Crippen LogP contribution >= 0.6 is 22.6 Å². The Morgan fingerprint density at radius 2 is 2.00 bits per heavy atom. The van der Waals surface area contributed by atoms with Gasteiger partial charge in [0.2, 0.25) is 0 Å². The number of anilines is 3. The molecule has 2 aromatic heterocycles. The van der Waals surface area contributed by atoms with Crippen LogP contribution in [0.3, 0.4) is 0 Å². The van der Waals surface area contributed by atoms with E-state index in [1.54, 1.807) is 16.8 Å². The quantitative estimate of drug-likeness (QED) is 0.186. The molecule has 0 atom stereocenters. The molecule has 1 saturated heterocycles. The highest BCUT2D eigenvalue weighted by Crippen LogP contribution is 2.25. The van der Waals surface area contributed by atoms with Crippen LogP contribution in [0.15, 0.2) is 42.2 Å². The SMILES string of the molecule is CN(C)CC(C)(C)CNc1cc(Nc2cccc(I)c2)nc2c(/C=C3\NC(=O)NC3=O)cnn12. The molecule has 4 N–H and O–H groups in total. The highest BCUT2D eigenvalue weighted by atomic mass is 127. The highest BCUT2D eigenvalue weighted by Gasteiger charge is 2.24. The van der Waals surface area contributed by atoms with Gasteiger partial charge in [-0.3, -0.25) is 10.1 Å². The zero-order chi connectivity index (χ0) is 24.5. The number of benzene rings is 1. The second-order valence-electron chi connectivity index (χ2n) is 9.22. The number of aromatic nitrogens is 3. The highest BCUT2D eigenvalue weighted by molar-refractivity contribution is 14.1. The van der Waals surface area contributed by atoms with E-state index in [-0.39, 0.29) is 11.1 Å². The van der Waals surface area contributed by atoms with Crippen molar-refractivity contribution in [3.63, 3.8) is 0 Å². The summed E-state index contributed by atoms with van der Waals surface area (Å²) in [4.78, 5) is 30.4. The first-order valence-corrected chi connectivity index (χ1v) is 11.8. The van der Waals surface area contributed by atoms with Crippen molar-refractivity contribution in [2.45, 2.75) is 13.8 Å². The summed E-state index contributed by atoms with van der Waals surface area (Å²) in [5.41, 5.74) is 2.22. The average molecular weight is 574 g/mol. The van der Waals surface area contributed by atoms with Gasteiger partial charge in [0.1, 0.15) is 17.3 Å². The maximum Gasteiger partial charge on any atom is 0.326 e. The van der Waals surface area contributed by atoms with Gasteiger partial charge in [-0.15, -0.1) is 0 Å². The van der Waals surface area contributed by atoms with Gasteiger partial charge in [0.25, 0.3) is 5.91 Å². The summed E-state index contributed by atoms with van der Waals surface area (Å²) in [6, 6.07) is 9.35. The minimum Gasteiger partial charge on any atom is -0.369 e. The monoisotopic (exact) mass is 574 g/mol. The van der Waals surface area contributed by atoms with Gasteiger partial charge in [-0.25, -0.2) is 9.78 Å². The number of carbonyl (C=O) groups excluding carboxylic acids is 2. The molecule has 3 amide bonds. The zero-order valence-corrected chi connectivity index (χ0v) is 21.6. The van der Waals surface area contributed by atoms with Crippen molar-refractivity contribution >= 4 is 63.6 Å². The van der Waals surface area contributed by atoms with Crippen LogP contribution in [-0.4, -0.2) is 58.6 Å². The molecule has 0 radical (unpaired) electrons. The summed E-state index contributed by atoms with van der Waals surface area (Å²) >= 11 is 2.26. The fraction of sp³-hybridized carbons (Fsp3) is 0.304. The summed E-state index contributed by atoms with van der Waals surface area (Å²) in [5, 5.41) is 16.1. The number of carbonyl (C=O) groups is 2. The second-order valence-corrected chi connectivity index (χ2v) is 10.5. The molecule has 1 aliphatic heterocycles. The van der Waals surface area contributed by atoms with Crippen LogP contribution in [0.2, 0.25) is 0 Å². The van der Waals surface area contributed by atoms with Crippen molar-refractivity contribution in [2.24, 2.45) is 5.41 Å². The number of fused-ring (bicyclic) bond motifs is 1. The van der Waals surface area contributed by atoms with Crippen molar-refractivity contribution in [1.82, 2.24) is 30.1 Å². The van der Waals surface area contributed by atoms with E-state index in [4.69, 9.17) is 4.98 Å². The van der Waals surface area contributed by atoms with Gasteiger partial charge in [0.05, 0.1) is 6.20 Å². The lowest BCUT2D eigenvalue weighted by molar-refractivity contribution is -0.115. The lowest BCUT2D eigenvalue weighted by Gasteiger charge is -2.29. The first-order valence-electron chi connectivity index (χ1n) is 10.7. The normalized spacial score (nSPS) is 15.2. The summed E-state index contributed by atoms with van der Waals surface area (Å²) < 4.78 is 2.80. The minimum atomic E-state index is -0.549. The maximum absolute atomic E-state index is 12.0. The molecular formula is C23H27IN8O2. The van der Waals surface area contributed by atoms with E-state index < -0.39 is 11.9 Å². The fourth-order valence-electron chi connectivity index (χ4n) is 3.87. The number of urea groups is 1. The van der Waals surface area contributed by atoms with E-state index in [1.807, 2.05) is 30.3 Å². The Kier molecular flexibility index (Phi) is 6.75. The van der Waals surface area contributed by atoms with Gasteiger partial charge in [-0.1, -0.05) is 19.9 Å². The zero-order valence-electron chi connectivity index (χ0n) is 19.4. The Morgan fingerprint density at radius 3 is 2.68 bits per heavy atom. The Balaban J connectivity index is 1.73. The van der Waals surface area contributed by atoms with E-state index in [9.17, 15) is 9.59 Å². The van der Waals surface area contributed by atoms with Crippen LogP contribution in [0.25, 0.3) is 11.7 Å². The van der Waals surface area contributed by atoms with Crippen LogP contribution in [-0.2, 0) is 4.79 Å². The van der Waals surface area contributed by atoms with Crippen LogP contribution in [0.5, 0.6) is 0 Å². The number of nitrogens with one attached hydrogen (secondary N) is 4. The van der Waals surface area contributed by atoms with Crippen LogP contribution in [0, 0.1) is 8.99 Å². The standard InChI is InChI=1S/C23H27IN8O2/c1-23(2,13-31(3)4)12-25-19-10-18(27-16-7-5-6-15(24)9-16)29-20-14(11-26-32(19)20)8-17-21(33)30-22(34)28-17/h5-11,25H,12-13H2,1-4H3,(H,27,29)(H2,28,30,33,34)/b17-8-. The number of rotatable bonds is 8. The van der Waals surface area contributed by atoms with Crippen LogP contribution in [0.1, 0.15) is 19.4 Å². The largest absolute Gasteiger partial charge is 0.369 e. The predicted octanol–water partition coefficient (Wildman–Crippen LogP) is 3.26. The molecule has 0 bridgehead atoms. The first-order chi connectivity index (χ1) is 16.1. The number of amides is 3. The number of halogens is 1. The number of hydrogen-bond acceptors (Lipinski definition) is 7. The number of nitrogens with zero attached hydrogens (tertiary/aromatic N) is 4. The van der Waals surface area contributed by atoms with Crippen molar-refractivity contribution < 1.29 is 9.59 Å². The first kappa shape index (κ1) is 24.0. The summed E-state index contributed by atoms with van der Waals surface area (Å²) in [5.74, 6) is 0.901. The third-order valence-corrected chi connectivity index (χ3v) is 5.78. The lowest BCUT2D eigenvalue weighted by Crippen LogP contribution is -2.34. The predicted molar refractivity (Wildman–Crippen MR) is 141 cm³/mol.